The van der Waals surface area contributed by atoms with Crippen molar-refractivity contribution in [3.8, 4) is 56.7 Å². The zero-order valence-electron chi connectivity index (χ0n) is 33.9. The molecule has 0 amide bonds. The van der Waals surface area contributed by atoms with Crippen molar-refractivity contribution < 1.29 is 0 Å². The van der Waals surface area contributed by atoms with Crippen LogP contribution < -0.4 is 0 Å². The predicted molar refractivity (Wildman–Crippen MR) is 263 cm³/mol. The van der Waals surface area contributed by atoms with Gasteiger partial charge in [0.2, 0.25) is 5.95 Å². The van der Waals surface area contributed by atoms with E-state index in [-0.39, 0.29) is 0 Å². The first-order valence-corrected chi connectivity index (χ1v) is 22.0. The van der Waals surface area contributed by atoms with Gasteiger partial charge in [0.1, 0.15) is 0 Å². The standard InChI is InChI=1S/C57H35N5S/c1-4-16-36(17-5-1)39-29-31-50(45(32-39)37-18-6-2-7-19-37)61-48-25-13-10-22-41(48)46-35-52-47(34-51(46)61)42-23-11-14-26-49(42)62(52)57-59-55(38-20-8-3-9-21-38)58-56(60-57)40-28-30-44-43-24-12-15-27-53(43)63-54(44)33-40/h1-35H. The van der Waals surface area contributed by atoms with Crippen molar-refractivity contribution in [2.24, 2.45) is 0 Å². The van der Waals surface area contributed by atoms with Crippen molar-refractivity contribution in [2.75, 3.05) is 0 Å². The second kappa shape index (κ2) is 14.2. The molecule has 0 N–H and O–H groups in total. The highest BCUT2D eigenvalue weighted by Gasteiger charge is 2.23. The molecule has 0 radical (unpaired) electrons. The van der Waals surface area contributed by atoms with Crippen LogP contribution >= 0.6 is 11.3 Å². The van der Waals surface area contributed by atoms with Gasteiger partial charge in [-0.25, -0.2) is 4.98 Å². The van der Waals surface area contributed by atoms with Gasteiger partial charge in [0.15, 0.2) is 11.6 Å². The van der Waals surface area contributed by atoms with Gasteiger partial charge in [-0.05, 0) is 65.2 Å². The molecule has 0 bridgehead atoms. The molecule has 5 nitrogen and oxygen atoms in total. The van der Waals surface area contributed by atoms with Gasteiger partial charge in [-0.3, -0.25) is 4.57 Å². The van der Waals surface area contributed by atoms with Crippen LogP contribution in [0.3, 0.4) is 0 Å². The van der Waals surface area contributed by atoms with E-state index in [1.165, 1.54) is 47.8 Å². The Bertz CT molecular complexity index is 3900. The molecule has 0 spiro atoms. The molecule has 0 unspecified atom stereocenters. The molecule has 9 aromatic carbocycles. The van der Waals surface area contributed by atoms with E-state index >= 15 is 0 Å². The minimum Gasteiger partial charge on any atom is -0.309 e. The maximum atomic E-state index is 5.35. The van der Waals surface area contributed by atoms with Crippen molar-refractivity contribution in [2.45, 2.75) is 0 Å². The lowest BCUT2D eigenvalue weighted by Crippen LogP contribution is -2.06. The highest BCUT2D eigenvalue weighted by atomic mass is 32.1. The third-order valence-electron chi connectivity index (χ3n) is 12.4. The largest absolute Gasteiger partial charge is 0.309 e. The van der Waals surface area contributed by atoms with E-state index in [9.17, 15) is 0 Å². The zero-order valence-corrected chi connectivity index (χ0v) is 34.7. The van der Waals surface area contributed by atoms with Crippen molar-refractivity contribution in [1.82, 2.24) is 24.1 Å². The van der Waals surface area contributed by atoms with E-state index < -0.39 is 0 Å². The molecule has 0 fully saturated rings. The molecule has 13 rings (SSSR count). The summed E-state index contributed by atoms with van der Waals surface area (Å²) in [6, 6.07) is 75.8. The summed E-state index contributed by atoms with van der Waals surface area (Å²) in [5.74, 6) is 1.84. The molecule has 0 aliphatic heterocycles. The summed E-state index contributed by atoms with van der Waals surface area (Å²) >= 11 is 1.80. The molecule has 0 aliphatic rings. The molecule has 0 aliphatic carbocycles. The van der Waals surface area contributed by atoms with Crippen LogP contribution in [0.25, 0.3) is 120 Å². The Morgan fingerprint density at radius 3 is 1.52 bits per heavy atom. The average Bonchev–Trinajstić information content (AvgIpc) is 4.00. The number of nitrogens with zero attached hydrogens (tertiary/aromatic N) is 5. The van der Waals surface area contributed by atoms with Crippen LogP contribution in [0.4, 0.5) is 0 Å². The highest BCUT2D eigenvalue weighted by Crippen LogP contribution is 2.42. The fourth-order valence-electron chi connectivity index (χ4n) is 9.47. The summed E-state index contributed by atoms with van der Waals surface area (Å²) in [6.07, 6.45) is 0. The number of benzene rings is 9. The summed E-state index contributed by atoms with van der Waals surface area (Å²) in [7, 11) is 0. The SMILES string of the molecule is c1ccc(-c2ccc(-n3c4ccccc4c4cc5c(cc43)c3ccccc3n5-c3nc(-c4ccccc4)nc(-c4ccc5c(c4)sc4ccccc45)n3)c(-c3ccccc3)c2)cc1. The summed E-state index contributed by atoms with van der Waals surface area (Å²) in [5.41, 5.74) is 12.1. The molecule has 4 aromatic heterocycles. The lowest BCUT2D eigenvalue weighted by Gasteiger charge is -2.16. The fraction of sp³-hybridized carbons (Fsp3) is 0. The van der Waals surface area contributed by atoms with Crippen molar-refractivity contribution >= 4 is 75.1 Å². The first-order chi connectivity index (χ1) is 31.2. The number of fused-ring (bicyclic) bond motifs is 9. The normalized spacial score (nSPS) is 11.8. The van der Waals surface area contributed by atoms with Crippen LogP contribution in [0.1, 0.15) is 0 Å². The maximum absolute atomic E-state index is 5.35. The van der Waals surface area contributed by atoms with E-state index in [1.807, 2.05) is 18.2 Å². The first-order valence-electron chi connectivity index (χ1n) is 21.2. The molecule has 0 saturated heterocycles. The van der Waals surface area contributed by atoms with Crippen LogP contribution in [0.5, 0.6) is 0 Å². The van der Waals surface area contributed by atoms with E-state index in [0.717, 1.165) is 55.0 Å². The Balaban J connectivity index is 1.07. The number of hydrogen-bond acceptors (Lipinski definition) is 4. The smallest absolute Gasteiger partial charge is 0.238 e. The van der Waals surface area contributed by atoms with E-state index in [2.05, 4.69) is 203 Å². The maximum Gasteiger partial charge on any atom is 0.238 e. The molecule has 0 atom stereocenters. The van der Waals surface area contributed by atoms with Crippen LogP contribution in [0.15, 0.2) is 212 Å². The number of para-hydroxylation sites is 2. The molecule has 6 heteroatoms. The average molecular weight is 822 g/mol. The molecule has 63 heavy (non-hydrogen) atoms. The molecule has 0 saturated carbocycles. The number of aromatic nitrogens is 5. The summed E-state index contributed by atoms with van der Waals surface area (Å²) < 4.78 is 7.16. The van der Waals surface area contributed by atoms with Crippen molar-refractivity contribution in [3.05, 3.63) is 212 Å². The highest BCUT2D eigenvalue weighted by molar-refractivity contribution is 7.25. The van der Waals surface area contributed by atoms with Gasteiger partial charge in [-0.15, -0.1) is 11.3 Å². The lowest BCUT2D eigenvalue weighted by molar-refractivity contribution is 0.954. The molecule has 4 heterocycles. The minimum absolute atomic E-state index is 0.576. The quantitative estimate of drug-likeness (QED) is 0.168. The van der Waals surface area contributed by atoms with Crippen molar-refractivity contribution in [3.63, 3.8) is 0 Å². The Morgan fingerprint density at radius 1 is 0.302 bits per heavy atom. The number of rotatable bonds is 6. The zero-order chi connectivity index (χ0) is 41.4. The Labute approximate surface area is 366 Å². The molecular formula is C57H35N5S. The molecule has 294 valence electrons. The lowest BCUT2D eigenvalue weighted by atomic mass is 9.97. The number of thiophene rings is 1. The number of hydrogen-bond donors (Lipinski definition) is 0. The third kappa shape index (κ3) is 5.73. The minimum atomic E-state index is 0.576. The Hall–Kier alpha value is -8.19. The molecule has 13 aromatic rings. The van der Waals surface area contributed by atoms with Gasteiger partial charge in [0.25, 0.3) is 0 Å². The van der Waals surface area contributed by atoms with Gasteiger partial charge in [0, 0.05) is 58.4 Å². The van der Waals surface area contributed by atoms with Crippen LogP contribution in [-0.2, 0) is 0 Å². The first kappa shape index (κ1) is 35.6. The van der Waals surface area contributed by atoms with Crippen LogP contribution in [0, 0.1) is 0 Å². The fourth-order valence-corrected chi connectivity index (χ4v) is 10.6. The summed E-state index contributed by atoms with van der Waals surface area (Å²) in [5, 5.41) is 7.09. The van der Waals surface area contributed by atoms with Crippen LogP contribution in [0.2, 0.25) is 0 Å². The second-order valence-corrected chi connectivity index (χ2v) is 17.1. The van der Waals surface area contributed by atoms with Gasteiger partial charge >= 0.3 is 0 Å². The monoisotopic (exact) mass is 821 g/mol. The third-order valence-corrected chi connectivity index (χ3v) is 13.5. The van der Waals surface area contributed by atoms with E-state index in [0.29, 0.717) is 17.6 Å². The van der Waals surface area contributed by atoms with Gasteiger partial charge in [-0.2, -0.15) is 9.97 Å². The molecular weight excluding hydrogens is 787 g/mol. The van der Waals surface area contributed by atoms with Crippen LogP contribution in [-0.4, -0.2) is 24.1 Å². The van der Waals surface area contributed by atoms with Gasteiger partial charge < -0.3 is 4.57 Å². The summed E-state index contributed by atoms with van der Waals surface area (Å²) in [4.78, 5) is 15.8. The van der Waals surface area contributed by atoms with E-state index in [1.54, 1.807) is 11.3 Å². The Morgan fingerprint density at radius 2 is 0.825 bits per heavy atom. The topological polar surface area (TPSA) is 48.5 Å². The van der Waals surface area contributed by atoms with Gasteiger partial charge in [0.05, 0.1) is 27.8 Å². The predicted octanol–water partition coefficient (Wildman–Crippen LogP) is 15.1. The van der Waals surface area contributed by atoms with Gasteiger partial charge in [-0.1, -0.05) is 164 Å². The van der Waals surface area contributed by atoms with E-state index in [4.69, 9.17) is 15.0 Å². The summed E-state index contributed by atoms with van der Waals surface area (Å²) in [6.45, 7) is 0. The Kier molecular flexibility index (Phi) is 8.01. The van der Waals surface area contributed by atoms with Crippen molar-refractivity contribution in [1.29, 1.82) is 0 Å². The second-order valence-electron chi connectivity index (χ2n) is 16.0.